The molecule has 1 saturated heterocycles. The van der Waals surface area contributed by atoms with E-state index in [0.717, 1.165) is 31.5 Å². The molecule has 0 spiro atoms. The maximum Gasteiger partial charge on any atom is 0.267 e. The Balaban J connectivity index is 1.56. The van der Waals surface area contributed by atoms with Gasteiger partial charge in [-0.25, -0.2) is 0 Å². The molecular weight excluding hydrogens is 290 g/mol. The predicted molar refractivity (Wildman–Crippen MR) is 88.2 cm³/mol. The van der Waals surface area contributed by atoms with Crippen LogP contribution in [0.2, 0.25) is 0 Å². The van der Waals surface area contributed by atoms with Crippen LogP contribution in [0.3, 0.4) is 0 Å². The summed E-state index contributed by atoms with van der Waals surface area (Å²) in [6.07, 6.45) is 5.11. The summed E-state index contributed by atoms with van der Waals surface area (Å²) in [5, 5.41) is 2.85. The third-order valence-electron chi connectivity index (χ3n) is 4.14. The molecule has 1 aliphatic rings. The number of aromatic nitrogens is 1. The molecule has 120 valence electrons. The number of benzene rings is 1. The Labute approximate surface area is 135 Å². The lowest BCUT2D eigenvalue weighted by molar-refractivity contribution is 0.0724. The first-order valence-electron chi connectivity index (χ1n) is 8.04. The zero-order valence-corrected chi connectivity index (χ0v) is 13.0. The van der Waals surface area contributed by atoms with Crippen LogP contribution in [-0.2, 0) is 6.54 Å². The fourth-order valence-electron chi connectivity index (χ4n) is 2.79. The van der Waals surface area contributed by atoms with Gasteiger partial charge in [0, 0.05) is 31.4 Å². The fourth-order valence-corrected chi connectivity index (χ4v) is 2.79. The molecule has 2 aromatic rings. The van der Waals surface area contributed by atoms with Crippen LogP contribution >= 0.6 is 0 Å². The molecule has 1 aliphatic heterocycles. The zero-order valence-electron chi connectivity index (χ0n) is 13.0. The molecule has 3 rings (SSSR count). The van der Waals surface area contributed by atoms with Crippen molar-refractivity contribution in [3.05, 3.63) is 59.4 Å². The maximum absolute atomic E-state index is 12.4. The molecule has 5 heteroatoms. The van der Waals surface area contributed by atoms with Crippen LogP contribution in [-0.4, -0.2) is 34.8 Å². The van der Waals surface area contributed by atoms with Crippen molar-refractivity contribution in [2.75, 3.05) is 13.1 Å². The summed E-state index contributed by atoms with van der Waals surface area (Å²) in [6.45, 7) is 2.15. The molecule has 0 radical (unpaired) electrons. The van der Waals surface area contributed by atoms with E-state index in [0.29, 0.717) is 17.8 Å². The van der Waals surface area contributed by atoms with E-state index < -0.39 is 0 Å². The van der Waals surface area contributed by atoms with Gasteiger partial charge in [0.25, 0.3) is 11.8 Å². The number of hydrogen-bond acceptors (Lipinski definition) is 2. The van der Waals surface area contributed by atoms with Gasteiger partial charge in [-0.2, -0.15) is 0 Å². The minimum absolute atomic E-state index is 0.103. The standard InChI is InChI=1S/C18H21N3O2/c22-17(16-5-4-10-19-16)20-13-14-6-8-15(9-7-14)18(23)21-11-2-1-3-12-21/h4-10,19H,1-3,11-13H2,(H,20,22). The van der Waals surface area contributed by atoms with E-state index in [2.05, 4.69) is 10.3 Å². The monoisotopic (exact) mass is 311 g/mol. The minimum atomic E-state index is -0.136. The summed E-state index contributed by atoms with van der Waals surface area (Å²) < 4.78 is 0. The van der Waals surface area contributed by atoms with Crippen molar-refractivity contribution in [3.63, 3.8) is 0 Å². The van der Waals surface area contributed by atoms with Crippen LogP contribution in [0, 0.1) is 0 Å². The average Bonchev–Trinajstić information content (AvgIpc) is 3.15. The lowest BCUT2D eigenvalue weighted by Gasteiger charge is -2.26. The van der Waals surface area contributed by atoms with Gasteiger partial charge >= 0.3 is 0 Å². The second-order valence-corrected chi connectivity index (χ2v) is 5.82. The maximum atomic E-state index is 12.4. The number of nitrogens with zero attached hydrogens (tertiary/aromatic N) is 1. The summed E-state index contributed by atoms with van der Waals surface area (Å²) in [7, 11) is 0. The van der Waals surface area contributed by atoms with Crippen molar-refractivity contribution in [3.8, 4) is 0 Å². The molecule has 2 amide bonds. The van der Waals surface area contributed by atoms with Gasteiger partial charge < -0.3 is 15.2 Å². The molecular formula is C18H21N3O2. The third kappa shape index (κ3) is 3.80. The van der Waals surface area contributed by atoms with Crippen LogP contribution in [0.4, 0.5) is 0 Å². The molecule has 23 heavy (non-hydrogen) atoms. The summed E-state index contributed by atoms with van der Waals surface area (Å²) in [5.74, 6) is -0.0323. The van der Waals surface area contributed by atoms with Gasteiger partial charge in [0.2, 0.25) is 0 Å². The summed E-state index contributed by atoms with van der Waals surface area (Å²) in [4.78, 5) is 29.0. The lowest BCUT2D eigenvalue weighted by Crippen LogP contribution is -2.35. The molecule has 0 atom stereocenters. The normalized spacial score (nSPS) is 14.5. The minimum Gasteiger partial charge on any atom is -0.357 e. The molecule has 0 unspecified atom stereocenters. The Morgan fingerprint density at radius 1 is 1.04 bits per heavy atom. The SMILES string of the molecule is O=C(NCc1ccc(C(=O)N2CCCCC2)cc1)c1ccc[nH]1. The quantitative estimate of drug-likeness (QED) is 0.911. The first-order chi connectivity index (χ1) is 11.2. The number of amides is 2. The molecule has 1 aromatic heterocycles. The molecule has 0 saturated carbocycles. The number of aromatic amines is 1. The van der Waals surface area contributed by atoms with Gasteiger partial charge in [-0.1, -0.05) is 12.1 Å². The molecule has 0 bridgehead atoms. The van der Waals surface area contributed by atoms with Crippen molar-refractivity contribution in [1.82, 2.24) is 15.2 Å². The topological polar surface area (TPSA) is 65.2 Å². The fraction of sp³-hybridized carbons (Fsp3) is 0.333. The number of nitrogens with one attached hydrogen (secondary N) is 2. The van der Waals surface area contributed by atoms with E-state index in [9.17, 15) is 9.59 Å². The zero-order chi connectivity index (χ0) is 16.1. The number of piperidine rings is 1. The van der Waals surface area contributed by atoms with E-state index in [-0.39, 0.29) is 11.8 Å². The van der Waals surface area contributed by atoms with E-state index in [1.165, 1.54) is 6.42 Å². The van der Waals surface area contributed by atoms with Gasteiger partial charge in [-0.15, -0.1) is 0 Å². The number of carbonyl (C=O) groups is 2. The third-order valence-corrected chi connectivity index (χ3v) is 4.14. The highest BCUT2D eigenvalue weighted by Crippen LogP contribution is 2.14. The molecule has 1 fully saturated rings. The molecule has 2 heterocycles. The summed E-state index contributed by atoms with van der Waals surface area (Å²) in [5.41, 5.74) is 2.23. The van der Waals surface area contributed by atoms with Gasteiger partial charge in [-0.3, -0.25) is 9.59 Å². The van der Waals surface area contributed by atoms with Crippen LogP contribution in [0.1, 0.15) is 45.7 Å². The first-order valence-corrected chi connectivity index (χ1v) is 8.04. The Kier molecular flexibility index (Phi) is 4.76. The van der Waals surface area contributed by atoms with Gasteiger partial charge in [0.15, 0.2) is 0 Å². The highest BCUT2D eigenvalue weighted by Gasteiger charge is 2.17. The number of likely N-dealkylation sites (tertiary alicyclic amines) is 1. The highest BCUT2D eigenvalue weighted by molar-refractivity contribution is 5.94. The molecule has 1 aromatic carbocycles. The number of H-pyrrole nitrogens is 1. The summed E-state index contributed by atoms with van der Waals surface area (Å²) in [6, 6.07) is 11.0. The molecule has 2 N–H and O–H groups in total. The van der Waals surface area contributed by atoms with E-state index >= 15 is 0 Å². The predicted octanol–water partition coefficient (Wildman–Crippen LogP) is 2.57. The lowest BCUT2D eigenvalue weighted by atomic mass is 10.1. The van der Waals surface area contributed by atoms with Crippen LogP contribution < -0.4 is 5.32 Å². The number of rotatable bonds is 4. The van der Waals surface area contributed by atoms with Gasteiger partial charge in [-0.05, 0) is 49.1 Å². The average molecular weight is 311 g/mol. The van der Waals surface area contributed by atoms with Crippen LogP contribution in [0.25, 0.3) is 0 Å². The van der Waals surface area contributed by atoms with Crippen molar-refractivity contribution in [2.24, 2.45) is 0 Å². The smallest absolute Gasteiger partial charge is 0.267 e. The van der Waals surface area contributed by atoms with Gasteiger partial charge in [0.1, 0.15) is 5.69 Å². The Bertz CT molecular complexity index is 656. The van der Waals surface area contributed by atoms with Crippen molar-refractivity contribution < 1.29 is 9.59 Å². The van der Waals surface area contributed by atoms with Crippen molar-refractivity contribution in [1.29, 1.82) is 0 Å². The van der Waals surface area contributed by atoms with Crippen molar-refractivity contribution in [2.45, 2.75) is 25.8 Å². The van der Waals surface area contributed by atoms with Crippen LogP contribution in [0.5, 0.6) is 0 Å². The van der Waals surface area contributed by atoms with E-state index in [1.54, 1.807) is 18.3 Å². The molecule has 0 aliphatic carbocycles. The Hall–Kier alpha value is -2.56. The Morgan fingerprint density at radius 2 is 1.78 bits per heavy atom. The number of hydrogen-bond donors (Lipinski definition) is 2. The molecule has 5 nitrogen and oxygen atoms in total. The van der Waals surface area contributed by atoms with E-state index in [1.807, 2.05) is 29.2 Å². The van der Waals surface area contributed by atoms with E-state index in [4.69, 9.17) is 0 Å². The van der Waals surface area contributed by atoms with Crippen LogP contribution in [0.15, 0.2) is 42.6 Å². The summed E-state index contributed by atoms with van der Waals surface area (Å²) >= 11 is 0. The highest BCUT2D eigenvalue weighted by atomic mass is 16.2. The second kappa shape index (κ2) is 7.13. The second-order valence-electron chi connectivity index (χ2n) is 5.82. The van der Waals surface area contributed by atoms with Gasteiger partial charge in [0.05, 0.1) is 0 Å². The Morgan fingerprint density at radius 3 is 2.43 bits per heavy atom. The number of carbonyl (C=O) groups excluding carboxylic acids is 2. The largest absolute Gasteiger partial charge is 0.357 e. The van der Waals surface area contributed by atoms with Crippen molar-refractivity contribution >= 4 is 11.8 Å². The first kappa shape index (κ1) is 15.3.